The minimum Gasteiger partial charge on any atom is -0.507 e. The molecule has 1 saturated heterocycles. The number of piperidine rings is 1. The fraction of sp³-hybridized carbons (Fsp3) is 0.393. The summed E-state index contributed by atoms with van der Waals surface area (Å²) in [4.78, 5) is 13.7. The fourth-order valence-electron chi connectivity index (χ4n) is 5.11. The van der Waals surface area contributed by atoms with E-state index in [1.807, 2.05) is 30.3 Å². The number of carbonyl (C=O) groups is 1. The second-order valence-corrected chi connectivity index (χ2v) is 16.3. The standard InChI is InChI=1S/C28H34FNO4Si/c1-35(2,3)15-13-25-27(34-18-19-16-21-6-4-5-7-23(21)26(31)17-19)24(12-14-30(25)28(32)33)20-8-10-22(29)11-9-20/h4-11,16-17,24-25,27,31H,12-15,18H2,1-3H3,(H,32,33). The number of carboxylic acid groups (broad SMARTS) is 1. The van der Waals surface area contributed by atoms with Gasteiger partial charge in [0.2, 0.25) is 0 Å². The number of nitrogens with zero attached hydrogens (tertiary/aromatic N) is 1. The number of likely N-dealkylation sites (tertiary alicyclic amines) is 1. The molecule has 35 heavy (non-hydrogen) atoms. The molecule has 3 unspecified atom stereocenters. The first-order valence-corrected chi connectivity index (χ1v) is 15.9. The van der Waals surface area contributed by atoms with Gasteiger partial charge in [-0.2, -0.15) is 0 Å². The van der Waals surface area contributed by atoms with Crippen molar-refractivity contribution in [1.29, 1.82) is 0 Å². The van der Waals surface area contributed by atoms with Crippen LogP contribution >= 0.6 is 0 Å². The Morgan fingerprint density at radius 3 is 2.51 bits per heavy atom. The summed E-state index contributed by atoms with van der Waals surface area (Å²) in [6.45, 7) is 7.52. The Balaban J connectivity index is 1.66. The Morgan fingerprint density at radius 2 is 1.83 bits per heavy atom. The summed E-state index contributed by atoms with van der Waals surface area (Å²) in [7, 11) is -1.43. The maximum absolute atomic E-state index is 13.6. The molecule has 0 radical (unpaired) electrons. The third-order valence-corrected chi connectivity index (χ3v) is 8.72. The molecule has 0 aromatic heterocycles. The third-order valence-electron chi connectivity index (χ3n) is 6.93. The Hall–Kier alpha value is -2.90. The molecule has 1 aliphatic rings. The topological polar surface area (TPSA) is 70.0 Å². The van der Waals surface area contributed by atoms with Gasteiger partial charge in [0.15, 0.2) is 0 Å². The number of amides is 1. The average molecular weight is 496 g/mol. The van der Waals surface area contributed by atoms with Crippen LogP contribution in [0.5, 0.6) is 5.75 Å². The van der Waals surface area contributed by atoms with E-state index in [1.165, 1.54) is 17.0 Å². The summed E-state index contributed by atoms with van der Waals surface area (Å²) >= 11 is 0. The first kappa shape index (κ1) is 25.2. The van der Waals surface area contributed by atoms with Gasteiger partial charge in [-0.25, -0.2) is 9.18 Å². The normalized spacial score (nSPS) is 20.8. The Labute approximate surface area is 207 Å². The molecule has 0 spiro atoms. The third kappa shape index (κ3) is 6.03. The molecular weight excluding hydrogens is 461 g/mol. The van der Waals surface area contributed by atoms with Crippen molar-refractivity contribution >= 4 is 24.9 Å². The van der Waals surface area contributed by atoms with Crippen LogP contribution in [0.2, 0.25) is 25.7 Å². The Morgan fingerprint density at radius 1 is 1.11 bits per heavy atom. The minimum absolute atomic E-state index is 0.0492. The van der Waals surface area contributed by atoms with Gasteiger partial charge in [-0.05, 0) is 53.6 Å². The highest BCUT2D eigenvalue weighted by Gasteiger charge is 2.42. The first-order chi connectivity index (χ1) is 16.6. The molecule has 0 saturated carbocycles. The second-order valence-electron chi connectivity index (χ2n) is 10.7. The molecule has 3 atom stereocenters. The van der Waals surface area contributed by atoms with E-state index in [1.54, 1.807) is 18.2 Å². The zero-order valence-corrected chi connectivity index (χ0v) is 21.6. The number of phenols is 1. The molecule has 2 N–H and O–H groups in total. The number of phenolic OH excluding ortho intramolecular Hbond substituents is 1. The highest BCUT2D eigenvalue weighted by Crippen LogP contribution is 2.38. The summed E-state index contributed by atoms with van der Waals surface area (Å²) in [6, 6.07) is 18.5. The molecule has 4 rings (SSSR count). The van der Waals surface area contributed by atoms with Gasteiger partial charge in [0.25, 0.3) is 0 Å². The van der Waals surface area contributed by atoms with Gasteiger partial charge >= 0.3 is 6.09 Å². The van der Waals surface area contributed by atoms with Crippen molar-refractivity contribution in [1.82, 2.24) is 4.90 Å². The quantitative estimate of drug-likeness (QED) is 0.352. The molecule has 1 aliphatic heterocycles. The number of aromatic hydroxyl groups is 1. The van der Waals surface area contributed by atoms with Crippen molar-refractivity contribution in [2.75, 3.05) is 6.54 Å². The van der Waals surface area contributed by atoms with Crippen molar-refractivity contribution < 1.29 is 24.1 Å². The summed E-state index contributed by atoms with van der Waals surface area (Å²) in [6.07, 6.45) is 0.0258. The molecule has 3 aromatic rings. The molecule has 186 valence electrons. The maximum Gasteiger partial charge on any atom is 0.407 e. The molecule has 0 bridgehead atoms. The van der Waals surface area contributed by atoms with Crippen LogP contribution in [-0.4, -0.2) is 48.0 Å². The van der Waals surface area contributed by atoms with Crippen molar-refractivity contribution in [3.05, 3.63) is 77.6 Å². The maximum atomic E-state index is 13.6. The van der Waals surface area contributed by atoms with Crippen LogP contribution in [0, 0.1) is 5.82 Å². The van der Waals surface area contributed by atoms with Gasteiger partial charge < -0.3 is 19.8 Å². The van der Waals surface area contributed by atoms with Crippen molar-refractivity contribution in [2.24, 2.45) is 0 Å². The highest BCUT2D eigenvalue weighted by atomic mass is 28.3. The van der Waals surface area contributed by atoms with E-state index in [0.717, 1.165) is 34.4 Å². The summed E-state index contributed by atoms with van der Waals surface area (Å²) in [5.74, 6) is -0.147. The Kier molecular flexibility index (Phi) is 7.47. The van der Waals surface area contributed by atoms with Crippen molar-refractivity contribution in [3.63, 3.8) is 0 Å². The summed E-state index contributed by atoms with van der Waals surface area (Å²) in [5.41, 5.74) is 1.79. The number of hydrogen-bond acceptors (Lipinski definition) is 3. The second kappa shape index (κ2) is 10.4. The molecular formula is C28H34FNO4Si. The molecule has 1 amide bonds. The van der Waals surface area contributed by atoms with Crippen LogP contribution in [0.25, 0.3) is 10.8 Å². The summed E-state index contributed by atoms with van der Waals surface area (Å²) in [5, 5.41) is 22.2. The number of fused-ring (bicyclic) bond motifs is 1. The van der Waals surface area contributed by atoms with Gasteiger partial charge in [-0.3, -0.25) is 0 Å². The molecule has 1 heterocycles. The van der Waals surface area contributed by atoms with Crippen LogP contribution in [-0.2, 0) is 11.3 Å². The lowest BCUT2D eigenvalue weighted by Crippen LogP contribution is -2.54. The number of benzene rings is 3. The van der Waals surface area contributed by atoms with Gasteiger partial charge in [-0.1, -0.05) is 62.1 Å². The van der Waals surface area contributed by atoms with Gasteiger partial charge in [-0.15, -0.1) is 0 Å². The molecule has 3 aromatic carbocycles. The van der Waals surface area contributed by atoms with E-state index >= 15 is 0 Å². The number of hydrogen-bond donors (Lipinski definition) is 2. The molecule has 5 nitrogen and oxygen atoms in total. The van der Waals surface area contributed by atoms with E-state index in [2.05, 4.69) is 19.6 Å². The zero-order valence-electron chi connectivity index (χ0n) is 20.6. The smallest absolute Gasteiger partial charge is 0.407 e. The predicted octanol–water partition coefficient (Wildman–Crippen LogP) is 6.83. The van der Waals surface area contributed by atoms with Crippen LogP contribution < -0.4 is 0 Å². The number of ether oxygens (including phenoxy) is 1. The first-order valence-electron chi connectivity index (χ1n) is 12.2. The molecule has 0 aliphatic carbocycles. The SMILES string of the molecule is C[Si](C)(C)CCC1C(OCc2cc(O)c3ccccc3c2)C(c2ccc(F)cc2)CCN1C(=O)O. The van der Waals surface area contributed by atoms with Gasteiger partial charge in [0.1, 0.15) is 11.6 Å². The predicted molar refractivity (Wildman–Crippen MR) is 139 cm³/mol. The zero-order chi connectivity index (χ0) is 25.2. The van der Waals surface area contributed by atoms with Crippen molar-refractivity contribution in [2.45, 2.75) is 63.2 Å². The lowest BCUT2D eigenvalue weighted by atomic mass is 9.81. The van der Waals surface area contributed by atoms with Crippen molar-refractivity contribution in [3.8, 4) is 5.75 Å². The van der Waals surface area contributed by atoms with E-state index in [-0.39, 0.29) is 36.2 Å². The van der Waals surface area contributed by atoms with E-state index in [0.29, 0.717) is 13.0 Å². The van der Waals surface area contributed by atoms with Crippen LogP contribution in [0.15, 0.2) is 60.7 Å². The molecule has 1 fully saturated rings. The molecule has 7 heteroatoms. The summed E-state index contributed by atoms with van der Waals surface area (Å²) < 4.78 is 20.2. The van der Waals surface area contributed by atoms with Gasteiger partial charge in [0, 0.05) is 25.9 Å². The average Bonchev–Trinajstić information content (AvgIpc) is 2.81. The Bertz CT molecular complexity index is 1180. The monoisotopic (exact) mass is 495 g/mol. The number of rotatable bonds is 7. The largest absolute Gasteiger partial charge is 0.507 e. The minimum atomic E-state index is -1.43. The highest BCUT2D eigenvalue weighted by molar-refractivity contribution is 6.76. The van der Waals surface area contributed by atoms with Crippen LogP contribution in [0.1, 0.15) is 29.9 Å². The lowest BCUT2D eigenvalue weighted by molar-refractivity contribution is -0.0578. The number of halogens is 1. The van der Waals surface area contributed by atoms with E-state index in [4.69, 9.17) is 4.74 Å². The van der Waals surface area contributed by atoms with Crippen LogP contribution in [0.3, 0.4) is 0 Å². The van der Waals surface area contributed by atoms with Gasteiger partial charge in [0.05, 0.1) is 18.8 Å². The van der Waals surface area contributed by atoms with E-state index < -0.39 is 14.2 Å². The lowest BCUT2D eigenvalue weighted by Gasteiger charge is -2.45. The fourth-order valence-corrected chi connectivity index (χ4v) is 6.27. The van der Waals surface area contributed by atoms with Crippen LogP contribution in [0.4, 0.5) is 9.18 Å². The van der Waals surface area contributed by atoms with E-state index in [9.17, 15) is 19.4 Å².